The molecule has 0 atom stereocenters. The Hall–Kier alpha value is -1.26. The number of halogens is 1. The highest BCUT2D eigenvalue weighted by atomic mass is 35.5. The van der Waals surface area contributed by atoms with Gasteiger partial charge in [-0.15, -0.1) is 0 Å². The molecule has 1 amide bonds. The van der Waals surface area contributed by atoms with Crippen LogP contribution >= 0.6 is 11.6 Å². The molecule has 0 aliphatic rings. The third-order valence-electron chi connectivity index (χ3n) is 2.71. The van der Waals surface area contributed by atoms with E-state index < -0.39 is 0 Å². The van der Waals surface area contributed by atoms with Gasteiger partial charge < -0.3 is 16.0 Å². The van der Waals surface area contributed by atoms with Crippen molar-refractivity contribution in [3.63, 3.8) is 0 Å². The monoisotopic (exact) mass is 283 g/mol. The van der Waals surface area contributed by atoms with E-state index in [0.29, 0.717) is 10.9 Å². The number of amides is 1. The van der Waals surface area contributed by atoms with Crippen molar-refractivity contribution in [2.75, 3.05) is 25.0 Å². The number of benzene rings is 1. The first-order chi connectivity index (χ1) is 8.90. The number of carbonyl (C=O) groups is 1. The van der Waals surface area contributed by atoms with Gasteiger partial charge in [0, 0.05) is 24.3 Å². The molecule has 1 aromatic rings. The maximum absolute atomic E-state index is 11.0. The van der Waals surface area contributed by atoms with E-state index >= 15 is 0 Å². The van der Waals surface area contributed by atoms with Gasteiger partial charge in [0.05, 0.1) is 6.54 Å². The van der Waals surface area contributed by atoms with Crippen molar-refractivity contribution in [2.24, 2.45) is 11.7 Å². The summed E-state index contributed by atoms with van der Waals surface area (Å²) in [6.45, 7) is 6.16. The fourth-order valence-corrected chi connectivity index (χ4v) is 2.08. The molecule has 0 bridgehead atoms. The molecule has 1 aromatic carbocycles. The van der Waals surface area contributed by atoms with Crippen molar-refractivity contribution in [2.45, 2.75) is 20.4 Å². The van der Waals surface area contributed by atoms with Crippen molar-refractivity contribution in [3.8, 4) is 0 Å². The molecule has 3 N–H and O–H groups in total. The molecule has 0 spiro atoms. The molecule has 0 saturated heterocycles. The van der Waals surface area contributed by atoms with E-state index in [2.05, 4.69) is 19.2 Å². The lowest BCUT2D eigenvalue weighted by Gasteiger charge is -2.21. The van der Waals surface area contributed by atoms with E-state index in [1.807, 2.05) is 30.1 Å². The molecule has 19 heavy (non-hydrogen) atoms. The van der Waals surface area contributed by atoms with Crippen LogP contribution in [0, 0.1) is 5.92 Å². The van der Waals surface area contributed by atoms with Gasteiger partial charge in [0.25, 0.3) is 0 Å². The van der Waals surface area contributed by atoms with Crippen LogP contribution in [0.4, 0.5) is 5.69 Å². The van der Waals surface area contributed by atoms with Gasteiger partial charge in [-0.1, -0.05) is 25.4 Å². The maximum Gasteiger partial charge on any atom is 0.236 e. The maximum atomic E-state index is 11.0. The number of primary amides is 1. The van der Waals surface area contributed by atoms with Crippen molar-refractivity contribution in [3.05, 3.63) is 28.8 Å². The number of anilines is 1. The average molecular weight is 284 g/mol. The molecule has 5 heteroatoms. The van der Waals surface area contributed by atoms with Crippen LogP contribution in [-0.2, 0) is 11.3 Å². The highest BCUT2D eigenvalue weighted by Gasteiger charge is 2.10. The molecular weight excluding hydrogens is 262 g/mol. The van der Waals surface area contributed by atoms with E-state index in [1.165, 1.54) is 0 Å². The Bertz CT molecular complexity index is 435. The zero-order chi connectivity index (χ0) is 14.4. The average Bonchev–Trinajstić information content (AvgIpc) is 2.27. The van der Waals surface area contributed by atoms with E-state index in [4.69, 9.17) is 17.3 Å². The number of nitrogens with zero attached hydrogens (tertiary/aromatic N) is 1. The summed E-state index contributed by atoms with van der Waals surface area (Å²) in [6.07, 6.45) is 0. The molecule has 0 aliphatic heterocycles. The molecule has 0 aromatic heterocycles. The fourth-order valence-electron chi connectivity index (χ4n) is 1.88. The summed E-state index contributed by atoms with van der Waals surface area (Å²) in [7, 11) is 1.85. The Kier molecular flexibility index (Phi) is 6.12. The number of hydrogen-bond donors (Lipinski definition) is 2. The van der Waals surface area contributed by atoms with Gasteiger partial charge in [-0.25, -0.2) is 0 Å². The first kappa shape index (κ1) is 15.8. The number of hydrogen-bond acceptors (Lipinski definition) is 3. The molecule has 1 rings (SSSR count). The molecule has 0 heterocycles. The van der Waals surface area contributed by atoms with Gasteiger partial charge in [0.1, 0.15) is 0 Å². The lowest BCUT2D eigenvalue weighted by molar-refractivity contribution is -0.116. The van der Waals surface area contributed by atoms with Gasteiger partial charge in [-0.05, 0) is 36.2 Å². The van der Waals surface area contributed by atoms with Crippen LogP contribution in [0.2, 0.25) is 5.02 Å². The highest BCUT2D eigenvalue weighted by molar-refractivity contribution is 6.30. The summed E-state index contributed by atoms with van der Waals surface area (Å²) in [4.78, 5) is 12.8. The summed E-state index contributed by atoms with van der Waals surface area (Å²) < 4.78 is 0. The van der Waals surface area contributed by atoms with Crippen molar-refractivity contribution < 1.29 is 4.79 Å². The first-order valence-electron chi connectivity index (χ1n) is 6.38. The van der Waals surface area contributed by atoms with Crippen LogP contribution in [0.25, 0.3) is 0 Å². The minimum atomic E-state index is -0.349. The largest absolute Gasteiger partial charge is 0.368 e. The van der Waals surface area contributed by atoms with Crippen LogP contribution in [0.1, 0.15) is 19.4 Å². The van der Waals surface area contributed by atoms with E-state index in [0.717, 1.165) is 24.3 Å². The normalized spacial score (nSPS) is 10.8. The summed E-state index contributed by atoms with van der Waals surface area (Å²) >= 11 is 6.03. The van der Waals surface area contributed by atoms with E-state index in [9.17, 15) is 4.79 Å². The Morgan fingerprint density at radius 1 is 1.47 bits per heavy atom. The summed E-state index contributed by atoms with van der Waals surface area (Å²) in [6, 6.07) is 5.65. The van der Waals surface area contributed by atoms with Crippen molar-refractivity contribution >= 4 is 23.2 Å². The SMILES string of the molecule is CC(C)CNCc1cc(Cl)ccc1N(C)CC(N)=O. The van der Waals surface area contributed by atoms with E-state index in [-0.39, 0.29) is 12.5 Å². The molecular formula is C14H22ClN3O. The smallest absolute Gasteiger partial charge is 0.236 e. The van der Waals surface area contributed by atoms with E-state index in [1.54, 1.807) is 0 Å². The topological polar surface area (TPSA) is 58.4 Å². The van der Waals surface area contributed by atoms with Crippen molar-refractivity contribution in [1.82, 2.24) is 5.32 Å². The third-order valence-corrected chi connectivity index (χ3v) is 2.95. The predicted octanol–water partition coefficient (Wildman–Crippen LogP) is 2.01. The molecule has 4 nitrogen and oxygen atoms in total. The number of rotatable bonds is 7. The molecule has 0 radical (unpaired) electrons. The number of likely N-dealkylation sites (N-methyl/N-ethyl adjacent to an activating group) is 1. The first-order valence-corrected chi connectivity index (χ1v) is 6.76. The highest BCUT2D eigenvalue weighted by Crippen LogP contribution is 2.23. The second kappa shape index (κ2) is 7.36. The minimum absolute atomic E-state index is 0.193. The zero-order valence-corrected chi connectivity index (χ0v) is 12.5. The van der Waals surface area contributed by atoms with Gasteiger partial charge in [0.2, 0.25) is 5.91 Å². The van der Waals surface area contributed by atoms with Crippen LogP contribution in [0.15, 0.2) is 18.2 Å². The van der Waals surface area contributed by atoms with Crippen LogP contribution in [0.5, 0.6) is 0 Å². The van der Waals surface area contributed by atoms with Gasteiger partial charge in [-0.3, -0.25) is 4.79 Å². The molecule has 0 saturated carbocycles. The van der Waals surface area contributed by atoms with Gasteiger partial charge in [0.15, 0.2) is 0 Å². The van der Waals surface area contributed by atoms with Gasteiger partial charge >= 0.3 is 0 Å². The number of nitrogens with two attached hydrogens (primary N) is 1. The Morgan fingerprint density at radius 3 is 2.74 bits per heavy atom. The molecule has 0 fully saturated rings. The second-order valence-electron chi connectivity index (χ2n) is 5.12. The van der Waals surface area contributed by atoms with Crippen LogP contribution in [0.3, 0.4) is 0 Å². The Morgan fingerprint density at radius 2 is 2.16 bits per heavy atom. The molecule has 106 valence electrons. The van der Waals surface area contributed by atoms with Crippen molar-refractivity contribution in [1.29, 1.82) is 0 Å². The van der Waals surface area contributed by atoms with Crippen LogP contribution in [-0.4, -0.2) is 26.0 Å². The molecule has 0 unspecified atom stereocenters. The molecule has 0 aliphatic carbocycles. The summed E-state index contributed by atoms with van der Waals surface area (Å²) in [5.41, 5.74) is 7.27. The fraction of sp³-hybridized carbons (Fsp3) is 0.500. The minimum Gasteiger partial charge on any atom is -0.368 e. The second-order valence-corrected chi connectivity index (χ2v) is 5.56. The lowest BCUT2D eigenvalue weighted by atomic mass is 10.1. The number of nitrogens with one attached hydrogen (secondary N) is 1. The zero-order valence-electron chi connectivity index (χ0n) is 11.7. The summed E-state index contributed by atoms with van der Waals surface area (Å²) in [5.74, 6) is 0.240. The predicted molar refractivity (Wildman–Crippen MR) is 80.5 cm³/mol. The standard InChI is InChI=1S/C14H22ClN3O/c1-10(2)7-17-8-11-6-12(15)4-5-13(11)18(3)9-14(16)19/h4-6,10,17H,7-9H2,1-3H3,(H2,16,19). The quantitative estimate of drug-likeness (QED) is 0.805. The third kappa shape index (κ3) is 5.49. The van der Waals surface area contributed by atoms with Crippen LogP contribution < -0.4 is 16.0 Å². The lowest BCUT2D eigenvalue weighted by Crippen LogP contribution is -2.31. The summed E-state index contributed by atoms with van der Waals surface area (Å²) in [5, 5.41) is 4.07. The Balaban J connectivity index is 2.81. The Labute approximate surface area is 119 Å². The number of carbonyl (C=O) groups excluding carboxylic acids is 1. The van der Waals surface area contributed by atoms with Gasteiger partial charge in [-0.2, -0.15) is 0 Å².